The number of carbonyl (C=O) groups excluding carboxylic acids is 2. The number of rotatable bonds is 10. The summed E-state index contributed by atoms with van der Waals surface area (Å²) in [6.45, 7) is 2.44. The van der Waals surface area contributed by atoms with Gasteiger partial charge >= 0.3 is 5.97 Å². The topological polar surface area (TPSA) is 98.7 Å². The van der Waals surface area contributed by atoms with Crippen LogP contribution in [-0.2, 0) is 27.3 Å². The number of hydrogen-bond donors (Lipinski definition) is 3. The average molecular weight is 488 g/mol. The highest BCUT2D eigenvalue weighted by molar-refractivity contribution is 6.10. The molecule has 0 spiro atoms. The van der Waals surface area contributed by atoms with Crippen molar-refractivity contribution in [2.24, 2.45) is 0 Å². The van der Waals surface area contributed by atoms with Gasteiger partial charge in [0.25, 0.3) is 0 Å². The minimum atomic E-state index is -1.84. The summed E-state index contributed by atoms with van der Waals surface area (Å²) in [5.74, 6) is -2.07. The van der Waals surface area contributed by atoms with Crippen molar-refractivity contribution in [2.75, 3.05) is 13.6 Å². The average Bonchev–Trinajstić information content (AvgIpc) is 3.43. The highest BCUT2D eigenvalue weighted by Gasteiger charge is 2.48. The number of likely N-dealkylation sites (N-methyl/N-ethyl adjacent to an activating group) is 1. The summed E-state index contributed by atoms with van der Waals surface area (Å²) >= 11 is 0. The van der Waals surface area contributed by atoms with E-state index < -0.39 is 23.3 Å². The maximum Gasteiger partial charge on any atom is 0.331 e. The number of ketones is 1. The molecule has 0 radical (unpaired) electrons. The van der Waals surface area contributed by atoms with Gasteiger partial charge in [-0.15, -0.1) is 0 Å². The van der Waals surface area contributed by atoms with Crippen molar-refractivity contribution in [2.45, 2.75) is 50.4 Å². The molecular weight excluding hydrogens is 454 g/mol. The molecule has 188 valence electrons. The smallest absolute Gasteiger partial charge is 0.331 e. The number of carboxylic acid groups (broad SMARTS) is 1. The second-order valence-corrected chi connectivity index (χ2v) is 9.68. The number of hydrogen-bond acceptors (Lipinski definition) is 5. The van der Waals surface area contributed by atoms with E-state index in [-0.39, 0.29) is 24.9 Å². The van der Waals surface area contributed by atoms with Gasteiger partial charge in [0.2, 0.25) is 5.91 Å². The van der Waals surface area contributed by atoms with Gasteiger partial charge < -0.3 is 15.7 Å². The van der Waals surface area contributed by atoms with Crippen LogP contribution in [0.1, 0.15) is 30.9 Å². The van der Waals surface area contributed by atoms with Gasteiger partial charge in [0.05, 0.1) is 12.1 Å². The maximum absolute atomic E-state index is 14.0. The van der Waals surface area contributed by atoms with Gasteiger partial charge in [-0.2, -0.15) is 0 Å². The highest BCUT2D eigenvalue weighted by atomic mass is 16.4. The Morgan fingerprint density at radius 1 is 1.03 bits per heavy atom. The number of carbonyl (C=O) groups is 3. The molecule has 1 amide bonds. The summed E-state index contributed by atoms with van der Waals surface area (Å²) in [7, 11) is 1.63. The van der Waals surface area contributed by atoms with Gasteiger partial charge in [0.1, 0.15) is 0 Å². The van der Waals surface area contributed by atoms with E-state index in [1.54, 1.807) is 11.9 Å². The third kappa shape index (κ3) is 5.48. The predicted molar refractivity (Wildman–Crippen MR) is 140 cm³/mol. The van der Waals surface area contributed by atoms with Crippen LogP contribution >= 0.6 is 0 Å². The van der Waals surface area contributed by atoms with Crippen LogP contribution in [0, 0.1) is 0 Å². The van der Waals surface area contributed by atoms with Crippen LogP contribution in [0.25, 0.3) is 10.8 Å². The van der Waals surface area contributed by atoms with Crippen LogP contribution in [0.4, 0.5) is 0 Å². The van der Waals surface area contributed by atoms with Crippen molar-refractivity contribution in [3.8, 4) is 0 Å². The number of benzene rings is 3. The molecule has 3 aromatic carbocycles. The third-order valence-electron chi connectivity index (χ3n) is 7.19. The lowest BCUT2D eigenvalue weighted by atomic mass is 9.86. The van der Waals surface area contributed by atoms with Crippen LogP contribution < -0.4 is 10.6 Å². The molecule has 3 atom stereocenters. The minimum absolute atomic E-state index is 0.199. The van der Waals surface area contributed by atoms with Gasteiger partial charge in [0, 0.05) is 6.54 Å². The SMILES string of the molecule is CN(Cc1ccccc1)[C@@](C)(C(=O)O)C(=O)[C@H](Cc1ccc2ccccc2c1)NC(=O)[C@@H]1CCCN1. The second-order valence-electron chi connectivity index (χ2n) is 9.68. The fourth-order valence-corrected chi connectivity index (χ4v) is 4.80. The summed E-state index contributed by atoms with van der Waals surface area (Å²) in [5.41, 5.74) is -0.0935. The molecule has 1 aliphatic heterocycles. The Balaban J connectivity index is 1.64. The lowest BCUT2D eigenvalue weighted by molar-refractivity contribution is -0.157. The molecule has 7 heteroatoms. The molecule has 7 nitrogen and oxygen atoms in total. The normalized spacial score (nSPS) is 18.0. The van der Waals surface area contributed by atoms with E-state index >= 15 is 0 Å². The molecule has 0 unspecified atom stereocenters. The highest BCUT2D eigenvalue weighted by Crippen LogP contribution is 2.23. The van der Waals surface area contributed by atoms with E-state index in [0.29, 0.717) is 6.42 Å². The van der Waals surface area contributed by atoms with Crippen molar-refractivity contribution in [1.82, 2.24) is 15.5 Å². The van der Waals surface area contributed by atoms with Crippen molar-refractivity contribution in [1.29, 1.82) is 0 Å². The number of fused-ring (bicyclic) bond motifs is 1. The molecular formula is C29H33N3O4. The van der Waals surface area contributed by atoms with Gasteiger partial charge in [0.15, 0.2) is 11.3 Å². The predicted octanol–water partition coefficient (Wildman–Crippen LogP) is 3.16. The molecule has 0 aromatic heterocycles. The number of amides is 1. The molecule has 0 aliphatic carbocycles. The van der Waals surface area contributed by atoms with E-state index in [9.17, 15) is 19.5 Å². The van der Waals surface area contributed by atoms with Crippen LogP contribution in [0.2, 0.25) is 0 Å². The molecule has 1 fully saturated rings. The summed E-state index contributed by atoms with van der Waals surface area (Å²) in [6.07, 6.45) is 1.77. The Hall–Kier alpha value is -3.55. The molecule has 0 bridgehead atoms. The Morgan fingerprint density at radius 2 is 1.72 bits per heavy atom. The van der Waals surface area contributed by atoms with Crippen molar-refractivity contribution in [3.63, 3.8) is 0 Å². The van der Waals surface area contributed by atoms with Crippen molar-refractivity contribution >= 4 is 28.4 Å². The third-order valence-corrected chi connectivity index (χ3v) is 7.19. The summed E-state index contributed by atoms with van der Waals surface area (Å²) in [4.78, 5) is 41.2. The van der Waals surface area contributed by atoms with Crippen LogP contribution in [0.5, 0.6) is 0 Å². The van der Waals surface area contributed by atoms with Gasteiger partial charge in [-0.05, 0) is 61.7 Å². The van der Waals surface area contributed by atoms with Crippen molar-refractivity contribution < 1.29 is 19.5 Å². The molecule has 36 heavy (non-hydrogen) atoms. The quantitative estimate of drug-likeness (QED) is 0.380. The Kier molecular flexibility index (Phi) is 7.82. The largest absolute Gasteiger partial charge is 0.480 e. The molecule has 4 rings (SSSR count). The fourth-order valence-electron chi connectivity index (χ4n) is 4.80. The number of Topliss-reactive ketones (excluding diaryl/α,β-unsaturated/α-hetero) is 1. The molecule has 1 aliphatic rings. The first kappa shape index (κ1) is 25.5. The Labute approximate surface area is 211 Å². The van der Waals surface area contributed by atoms with Crippen molar-refractivity contribution in [3.05, 3.63) is 83.9 Å². The number of nitrogens with one attached hydrogen (secondary N) is 2. The molecule has 1 saturated heterocycles. The molecule has 1 heterocycles. The number of carboxylic acids is 1. The standard InChI is InChI=1S/C29H33N3O4/c1-29(28(35)36,32(2)19-20-9-4-3-5-10-20)26(33)25(31-27(34)24-13-8-16-30-24)18-21-14-15-22-11-6-7-12-23(22)17-21/h3-7,9-12,14-15,17,24-25,30H,8,13,16,18-19H2,1-2H3,(H,31,34)(H,35,36)/t24-,25-,29+/m0/s1. The van der Waals surface area contributed by atoms with E-state index in [1.165, 1.54) is 6.92 Å². The minimum Gasteiger partial charge on any atom is -0.480 e. The van der Waals surface area contributed by atoms with E-state index in [1.807, 2.05) is 72.8 Å². The molecule has 0 saturated carbocycles. The number of aliphatic carboxylic acids is 1. The van der Waals surface area contributed by atoms with Gasteiger partial charge in [-0.3, -0.25) is 14.5 Å². The van der Waals surface area contributed by atoms with E-state index in [0.717, 1.165) is 34.9 Å². The van der Waals surface area contributed by atoms with E-state index in [4.69, 9.17) is 0 Å². The second kappa shape index (κ2) is 11.0. The van der Waals surface area contributed by atoms with Crippen LogP contribution in [-0.4, -0.2) is 58.9 Å². The zero-order chi connectivity index (χ0) is 25.7. The zero-order valence-electron chi connectivity index (χ0n) is 20.7. The summed E-state index contributed by atoms with van der Waals surface area (Å²) < 4.78 is 0. The van der Waals surface area contributed by atoms with Crippen LogP contribution in [0.15, 0.2) is 72.8 Å². The molecule has 3 aromatic rings. The van der Waals surface area contributed by atoms with E-state index in [2.05, 4.69) is 10.6 Å². The Bertz CT molecular complexity index is 1240. The van der Waals surface area contributed by atoms with Crippen LogP contribution in [0.3, 0.4) is 0 Å². The Morgan fingerprint density at radius 3 is 2.39 bits per heavy atom. The fraction of sp³-hybridized carbons (Fsp3) is 0.345. The maximum atomic E-state index is 14.0. The van der Waals surface area contributed by atoms with Gasteiger partial charge in [-0.25, -0.2) is 4.79 Å². The number of nitrogens with zero attached hydrogens (tertiary/aromatic N) is 1. The summed E-state index contributed by atoms with van der Waals surface area (Å²) in [6, 6.07) is 21.8. The monoisotopic (exact) mass is 487 g/mol. The summed E-state index contributed by atoms with van der Waals surface area (Å²) in [5, 5.41) is 18.4. The first-order chi connectivity index (χ1) is 17.3. The lowest BCUT2D eigenvalue weighted by Crippen LogP contribution is -2.63. The van der Waals surface area contributed by atoms with Gasteiger partial charge in [-0.1, -0.05) is 72.8 Å². The first-order valence-electron chi connectivity index (χ1n) is 12.3. The lowest BCUT2D eigenvalue weighted by Gasteiger charge is -2.36. The molecule has 3 N–H and O–H groups in total. The first-order valence-corrected chi connectivity index (χ1v) is 12.3. The zero-order valence-corrected chi connectivity index (χ0v) is 20.7.